The molecule has 0 bridgehead atoms. The van der Waals surface area contributed by atoms with Gasteiger partial charge in [-0.05, 0) is 11.6 Å². The molecule has 2 N–H and O–H groups in total. The van der Waals surface area contributed by atoms with Crippen LogP contribution in [0.1, 0.15) is 11.3 Å². The highest BCUT2D eigenvalue weighted by Crippen LogP contribution is 2.13. The summed E-state index contributed by atoms with van der Waals surface area (Å²) in [6, 6.07) is 15.5. The molecule has 7 nitrogen and oxygen atoms in total. The molecule has 138 valence electrons. The number of hydrogen-bond donors (Lipinski definition) is 2. The molecule has 0 saturated carbocycles. The first-order chi connectivity index (χ1) is 13.1. The Hall–Kier alpha value is -3.48. The summed E-state index contributed by atoms with van der Waals surface area (Å²) in [7, 11) is 1.28. The quantitative estimate of drug-likeness (QED) is 0.643. The predicted molar refractivity (Wildman–Crippen MR) is 100 cm³/mol. The van der Waals surface area contributed by atoms with Crippen LogP contribution in [-0.4, -0.2) is 35.2 Å². The van der Waals surface area contributed by atoms with Gasteiger partial charge < -0.3 is 10.1 Å². The van der Waals surface area contributed by atoms with Crippen molar-refractivity contribution < 1.29 is 14.3 Å². The molecule has 27 heavy (non-hydrogen) atoms. The fourth-order valence-corrected chi connectivity index (χ4v) is 2.89. The fourth-order valence-electron chi connectivity index (χ4n) is 2.89. The number of H-pyrrole nitrogens is 1. The summed E-state index contributed by atoms with van der Waals surface area (Å²) in [5.41, 5.74) is 1.03. The molecule has 0 aliphatic carbocycles. The molecule has 3 aromatic rings. The van der Waals surface area contributed by atoms with E-state index >= 15 is 0 Å². The standard InChI is InChI=1S/C20H19N3O4/c1-27-20(26)17(11-13-7-3-2-4-8-13)21-18(24)12-16-14-9-5-6-10-15(14)19(25)23-22-16/h2-10,17H,11-12H2,1H3,(H,21,24)(H,23,25). The van der Waals surface area contributed by atoms with Gasteiger partial charge in [-0.1, -0.05) is 48.5 Å². The van der Waals surface area contributed by atoms with Crippen molar-refractivity contribution in [1.29, 1.82) is 0 Å². The molecule has 1 amide bonds. The third-order valence-electron chi connectivity index (χ3n) is 4.21. The van der Waals surface area contributed by atoms with Crippen molar-refractivity contribution in [2.24, 2.45) is 0 Å². The van der Waals surface area contributed by atoms with E-state index in [2.05, 4.69) is 15.5 Å². The Bertz CT molecular complexity index is 1010. The second-order valence-electron chi connectivity index (χ2n) is 6.05. The Kier molecular flexibility index (Phi) is 5.61. The van der Waals surface area contributed by atoms with Crippen LogP contribution in [0.4, 0.5) is 0 Å². The average Bonchev–Trinajstić information content (AvgIpc) is 2.70. The summed E-state index contributed by atoms with van der Waals surface area (Å²) >= 11 is 0. The summed E-state index contributed by atoms with van der Waals surface area (Å²) in [6.45, 7) is 0. The molecule has 0 aliphatic rings. The zero-order valence-electron chi connectivity index (χ0n) is 14.8. The number of benzene rings is 2. The lowest BCUT2D eigenvalue weighted by atomic mass is 10.1. The molecule has 1 unspecified atom stereocenters. The van der Waals surface area contributed by atoms with E-state index in [4.69, 9.17) is 4.74 Å². The SMILES string of the molecule is COC(=O)C(Cc1ccccc1)NC(=O)Cc1n[nH]c(=O)c2ccccc12. The number of esters is 1. The van der Waals surface area contributed by atoms with E-state index in [0.29, 0.717) is 22.9 Å². The van der Waals surface area contributed by atoms with E-state index in [-0.39, 0.29) is 17.9 Å². The molecular weight excluding hydrogens is 346 g/mol. The first-order valence-electron chi connectivity index (χ1n) is 8.46. The molecule has 1 atom stereocenters. The Balaban J connectivity index is 1.78. The van der Waals surface area contributed by atoms with Crippen LogP contribution in [-0.2, 0) is 27.2 Å². The van der Waals surface area contributed by atoms with Crippen LogP contribution in [0, 0.1) is 0 Å². The molecule has 3 rings (SSSR count). The lowest BCUT2D eigenvalue weighted by molar-refractivity contribution is -0.145. The van der Waals surface area contributed by atoms with E-state index in [9.17, 15) is 14.4 Å². The predicted octanol–water partition coefficient (Wildman–Crippen LogP) is 1.37. The number of ether oxygens (including phenoxy) is 1. The molecule has 0 aliphatic heterocycles. The first-order valence-corrected chi connectivity index (χ1v) is 8.46. The molecule has 1 heterocycles. The zero-order valence-corrected chi connectivity index (χ0v) is 14.8. The second-order valence-corrected chi connectivity index (χ2v) is 6.05. The Morgan fingerprint density at radius 1 is 1.07 bits per heavy atom. The van der Waals surface area contributed by atoms with Gasteiger partial charge in [0.25, 0.3) is 5.56 Å². The Labute approximate surface area is 155 Å². The number of methoxy groups -OCH3 is 1. The summed E-state index contributed by atoms with van der Waals surface area (Å²) in [6.07, 6.45) is 0.249. The lowest BCUT2D eigenvalue weighted by Crippen LogP contribution is -2.43. The van der Waals surface area contributed by atoms with Crippen molar-refractivity contribution in [3.05, 3.63) is 76.2 Å². The molecule has 0 spiro atoms. The Morgan fingerprint density at radius 3 is 2.44 bits per heavy atom. The summed E-state index contributed by atoms with van der Waals surface area (Å²) < 4.78 is 4.80. The van der Waals surface area contributed by atoms with Crippen molar-refractivity contribution in [3.63, 3.8) is 0 Å². The van der Waals surface area contributed by atoms with Crippen molar-refractivity contribution in [2.45, 2.75) is 18.9 Å². The second kappa shape index (κ2) is 8.27. The van der Waals surface area contributed by atoms with E-state index in [0.717, 1.165) is 5.56 Å². The van der Waals surface area contributed by atoms with Gasteiger partial charge in [-0.2, -0.15) is 5.10 Å². The highest BCUT2D eigenvalue weighted by Gasteiger charge is 2.22. The highest BCUT2D eigenvalue weighted by molar-refractivity contribution is 5.90. The van der Waals surface area contributed by atoms with Crippen molar-refractivity contribution >= 4 is 22.6 Å². The number of nitrogens with one attached hydrogen (secondary N) is 2. The van der Waals surface area contributed by atoms with E-state index in [1.54, 1.807) is 24.3 Å². The van der Waals surface area contributed by atoms with E-state index < -0.39 is 12.0 Å². The van der Waals surface area contributed by atoms with Crippen LogP contribution in [0.3, 0.4) is 0 Å². The third-order valence-corrected chi connectivity index (χ3v) is 4.21. The number of amides is 1. The van der Waals surface area contributed by atoms with Gasteiger partial charge in [0.2, 0.25) is 5.91 Å². The van der Waals surface area contributed by atoms with Gasteiger partial charge in [0.15, 0.2) is 0 Å². The van der Waals surface area contributed by atoms with Crippen LogP contribution in [0.15, 0.2) is 59.4 Å². The zero-order chi connectivity index (χ0) is 19.2. The van der Waals surface area contributed by atoms with Crippen LogP contribution < -0.4 is 10.9 Å². The molecule has 7 heteroatoms. The summed E-state index contributed by atoms with van der Waals surface area (Å²) in [4.78, 5) is 36.4. The topological polar surface area (TPSA) is 101 Å². The number of hydrogen-bond acceptors (Lipinski definition) is 5. The molecule has 0 saturated heterocycles. The maximum Gasteiger partial charge on any atom is 0.328 e. The van der Waals surface area contributed by atoms with Crippen molar-refractivity contribution in [1.82, 2.24) is 15.5 Å². The maximum absolute atomic E-state index is 12.5. The number of rotatable bonds is 6. The third kappa shape index (κ3) is 4.38. The number of carbonyl (C=O) groups is 2. The summed E-state index contributed by atoms with van der Waals surface area (Å²) in [5.74, 6) is -0.905. The minimum Gasteiger partial charge on any atom is -0.467 e. The van der Waals surface area contributed by atoms with E-state index in [1.165, 1.54) is 7.11 Å². The largest absolute Gasteiger partial charge is 0.467 e. The number of fused-ring (bicyclic) bond motifs is 1. The van der Waals surface area contributed by atoms with Crippen LogP contribution >= 0.6 is 0 Å². The molecule has 0 fully saturated rings. The van der Waals surface area contributed by atoms with Gasteiger partial charge in [-0.25, -0.2) is 9.89 Å². The number of aromatic amines is 1. The van der Waals surface area contributed by atoms with Gasteiger partial charge in [-0.15, -0.1) is 0 Å². The van der Waals surface area contributed by atoms with Gasteiger partial charge in [0, 0.05) is 11.8 Å². The molecule has 2 aromatic carbocycles. The maximum atomic E-state index is 12.5. The molecule has 1 aromatic heterocycles. The first kappa shape index (κ1) is 18.3. The normalized spacial score (nSPS) is 11.7. The molecule has 0 radical (unpaired) electrons. The number of nitrogens with zero attached hydrogens (tertiary/aromatic N) is 1. The molecular formula is C20H19N3O4. The van der Waals surface area contributed by atoms with Gasteiger partial charge in [0.1, 0.15) is 6.04 Å². The van der Waals surface area contributed by atoms with Crippen LogP contribution in [0.2, 0.25) is 0 Å². The lowest BCUT2D eigenvalue weighted by Gasteiger charge is -2.16. The van der Waals surface area contributed by atoms with Gasteiger partial charge >= 0.3 is 5.97 Å². The fraction of sp³-hybridized carbons (Fsp3) is 0.200. The highest BCUT2D eigenvalue weighted by atomic mass is 16.5. The number of carbonyl (C=O) groups excluding carboxylic acids is 2. The average molecular weight is 365 g/mol. The van der Waals surface area contributed by atoms with Crippen LogP contribution in [0.5, 0.6) is 0 Å². The van der Waals surface area contributed by atoms with Gasteiger partial charge in [0.05, 0.1) is 24.6 Å². The Morgan fingerprint density at radius 2 is 1.74 bits per heavy atom. The van der Waals surface area contributed by atoms with Crippen LogP contribution in [0.25, 0.3) is 10.8 Å². The van der Waals surface area contributed by atoms with E-state index in [1.807, 2.05) is 30.3 Å². The van der Waals surface area contributed by atoms with Crippen molar-refractivity contribution in [3.8, 4) is 0 Å². The van der Waals surface area contributed by atoms with Gasteiger partial charge in [-0.3, -0.25) is 9.59 Å². The monoisotopic (exact) mass is 365 g/mol. The minimum absolute atomic E-state index is 0.0699. The summed E-state index contributed by atoms with van der Waals surface area (Å²) in [5, 5.41) is 10.2. The number of aromatic nitrogens is 2. The minimum atomic E-state index is -0.807. The smallest absolute Gasteiger partial charge is 0.328 e. The van der Waals surface area contributed by atoms with Crippen molar-refractivity contribution in [2.75, 3.05) is 7.11 Å².